The Morgan fingerprint density at radius 3 is 2.38 bits per heavy atom. The molecule has 4 nitrogen and oxygen atoms in total. The summed E-state index contributed by atoms with van der Waals surface area (Å²) in [6.07, 6.45) is 0. The van der Waals surface area contributed by atoms with Gasteiger partial charge in [-0.1, -0.05) is 0 Å². The maximum Gasteiger partial charge on any atom is 0.480 e. The summed E-state index contributed by atoms with van der Waals surface area (Å²) in [5, 5.41) is 0. The van der Waals surface area contributed by atoms with E-state index in [0.29, 0.717) is 6.61 Å². The van der Waals surface area contributed by atoms with Gasteiger partial charge in [0.25, 0.3) is 0 Å². The van der Waals surface area contributed by atoms with Crippen LogP contribution in [0.1, 0.15) is 6.92 Å². The van der Waals surface area contributed by atoms with Gasteiger partial charge in [-0.15, -0.1) is 0 Å². The third kappa shape index (κ3) is 0.437. The summed E-state index contributed by atoms with van der Waals surface area (Å²) < 4.78 is 24.7. The van der Waals surface area contributed by atoms with Gasteiger partial charge in [0.15, 0.2) is 0 Å². The summed E-state index contributed by atoms with van der Waals surface area (Å²) in [7, 11) is -2.97. The Labute approximate surface area is 46.3 Å². The van der Waals surface area contributed by atoms with E-state index < -0.39 is 13.6 Å². The lowest BCUT2D eigenvalue weighted by atomic mass is 10.4. The number of phosphoric ester groups is 1. The summed E-state index contributed by atoms with van der Waals surface area (Å²) in [5.74, 6) is -0.685. The third-order valence-corrected chi connectivity index (χ3v) is 2.76. The lowest BCUT2D eigenvalue weighted by Gasteiger charge is -2.29. The molecule has 3 aliphatic heterocycles. The number of hydrogen-bond donors (Lipinski definition) is 0. The third-order valence-electron chi connectivity index (χ3n) is 1.09. The molecular weight excluding hydrogens is 131 g/mol. The van der Waals surface area contributed by atoms with Crippen LogP contribution in [0.5, 0.6) is 0 Å². The van der Waals surface area contributed by atoms with Crippen LogP contribution in [0.4, 0.5) is 0 Å². The van der Waals surface area contributed by atoms with Crippen molar-refractivity contribution in [2.75, 3.05) is 6.61 Å². The zero-order chi connectivity index (χ0) is 5.83. The molecule has 0 aromatic heterocycles. The predicted molar refractivity (Wildman–Crippen MR) is 24.1 cm³/mol. The highest BCUT2D eigenvalue weighted by atomic mass is 31.2. The van der Waals surface area contributed by atoms with Gasteiger partial charge in [-0.05, 0) is 6.92 Å². The normalized spacial score (nSPS) is 60.6. The minimum absolute atomic E-state index is 0.296. The van der Waals surface area contributed by atoms with E-state index in [1.165, 1.54) is 0 Å². The van der Waals surface area contributed by atoms with Crippen molar-refractivity contribution in [2.45, 2.75) is 12.7 Å². The van der Waals surface area contributed by atoms with Crippen LogP contribution in [0.25, 0.3) is 0 Å². The lowest BCUT2D eigenvalue weighted by molar-refractivity contribution is -0.148. The molecule has 0 aliphatic carbocycles. The summed E-state index contributed by atoms with van der Waals surface area (Å²) in [4.78, 5) is 0. The van der Waals surface area contributed by atoms with Gasteiger partial charge in [-0.2, -0.15) is 0 Å². The first-order valence-electron chi connectivity index (χ1n) is 2.28. The predicted octanol–water partition coefficient (Wildman–Crippen LogP) is 0.888. The highest BCUT2D eigenvalue weighted by Crippen LogP contribution is 2.71. The summed E-state index contributed by atoms with van der Waals surface area (Å²) >= 11 is 0. The van der Waals surface area contributed by atoms with Gasteiger partial charge in [-0.3, -0.25) is 13.6 Å². The van der Waals surface area contributed by atoms with Crippen molar-refractivity contribution in [1.82, 2.24) is 0 Å². The quantitative estimate of drug-likeness (QED) is 0.464. The molecule has 0 unspecified atom stereocenters. The van der Waals surface area contributed by atoms with Crippen molar-refractivity contribution < 1.29 is 18.1 Å². The molecule has 46 valence electrons. The van der Waals surface area contributed by atoms with Crippen LogP contribution in [-0.4, -0.2) is 12.4 Å². The fourth-order valence-corrected chi connectivity index (χ4v) is 2.34. The number of rotatable bonds is 0. The van der Waals surface area contributed by atoms with E-state index in [4.69, 9.17) is 9.05 Å². The first-order valence-corrected chi connectivity index (χ1v) is 3.74. The molecule has 3 rings (SSSR count). The second-order valence-corrected chi connectivity index (χ2v) is 3.55. The molecule has 0 radical (unpaired) electrons. The van der Waals surface area contributed by atoms with Crippen molar-refractivity contribution in [3.05, 3.63) is 0 Å². The molecule has 5 heteroatoms. The van der Waals surface area contributed by atoms with Gasteiger partial charge in [0.1, 0.15) is 6.61 Å². The van der Waals surface area contributed by atoms with E-state index in [2.05, 4.69) is 4.52 Å². The van der Waals surface area contributed by atoms with E-state index in [1.54, 1.807) is 6.92 Å². The molecule has 3 aliphatic rings. The van der Waals surface area contributed by atoms with Crippen LogP contribution in [-0.2, 0) is 18.1 Å². The first kappa shape index (κ1) is 4.94. The molecule has 0 atom stereocenters. The lowest BCUT2D eigenvalue weighted by Crippen LogP contribution is -2.33. The maximum atomic E-state index is 10.6. The highest BCUT2D eigenvalue weighted by Gasteiger charge is 2.62. The molecule has 0 saturated carbocycles. The van der Waals surface area contributed by atoms with Crippen molar-refractivity contribution in [3.8, 4) is 0 Å². The van der Waals surface area contributed by atoms with Crippen molar-refractivity contribution in [2.24, 2.45) is 0 Å². The maximum absolute atomic E-state index is 10.6. The highest BCUT2D eigenvalue weighted by molar-refractivity contribution is 7.50. The monoisotopic (exact) mass is 136 g/mol. The second kappa shape index (κ2) is 1.02. The molecule has 3 fully saturated rings. The molecule has 0 spiro atoms. The number of hydrogen-bond acceptors (Lipinski definition) is 4. The Hall–Kier alpha value is 0.110. The Morgan fingerprint density at radius 2 is 2.25 bits per heavy atom. The number of fused-ring (bicyclic) bond motifs is 1. The van der Waals surface area contributed by atoms with Crippen LogP contribution < -0.4 is 0 Å². The Morgan fingerprint density at radius 1 is 1.62 bits per heavy atom. The van der Waals surface area contributed by atoms with Gasteiger partial charge in [0, 0.05) is 0 Å². The van der Waals surface area contributed by atoms with Crippen LogP contribution in [0, 0.1) is 0 Å². The molecule has 8 heavy (non-hydrogen) atoms. The van der Waals surface area contributed by atoms with Gasteiger partial charge in [0.05, 0.1) is 0 Å². The smallest absolute Gasteiger partial charge is 0.281 e. The summed E-state index contributed by atoms with van der Waals surface area (Å²) in [6.45, 7) is 1.99. The minimum Gasteiger partial charge on any atom is -0.281 e. The van der Waals surface area contributed by atoms with Crippen molar-refractivity contribution in [1.29, 1.82) is 0 Å². The molecule has 0 aromatic rings. The Balaban J connectivity index is 2.34. The average Bonchev–Trinajstić information content (AvgIpc) is 1.88. The summed E-state index contributed by atoms with van der Waals surface area (Å²) in [5.41, 5.74) is 0. The zero-order valence-corrected chi connectivity index (χ0v) is 5.18. The van der Waals surface area contributed by atoms with Gasteiger partial charge in [0.2, 0.25) is 5.79 Å². The van der Waals surface area contributed by atoms with Crippen molar-refractivity contribution >= 4 is 7.82 Å². The molecule has 3 saturated heterocycles. The van der Waals surface area contributed by atoms with Gasteiger partial charge < -0.3 is 0 Å². The Kier molecular flexibility index (Phi) is 0.632. The van der Waals surface area contributed by atoms with E-state index in [9.17, 15) is 4.57 Å². The molecule has 0 aromatic carbocycles. The molecule has 0 amide bonds. The first-order chi connectivity index (χ1) is 3.62. The van der Waals surface area contributed by atoms with Gasteiger partial charge in [-0.25, -0.2) is 4.57 Å². The fourth-order valence-electron chi connectivity index (χ4n) is 0.782. The van der Waals surface area contributed by atoms with E-state index in [0.717, 1.165) is 0 Å². The largest absolute Gasteiger partial charge is 0.480 e. The minimum atomic E-state index is -2.97. The Bertz CT molecular complexity index is 166. The van der Waals surface area contributed by atoms with Crippen LogP contribution in [0.15, 0.2) is 0 Å². The standard InChI is InChI=1S/C3H5O4P/c1-3-2-5-8(4,6-3)7-3/h2H2,1H3. The zero-order valence-electron chi connectivity index (χ0n) is 4.29. The van der Waals surface area contributed by atoms with Crippen LogP contribution in [0.3, 0.4) is 0 Å². The molecular formula is C3H5O4P. The van der Waals surface area contributed by atoms with E-state index >= 15 is 0 Å². The van der Waals surface area contributed by atoms with Crippen LogP contribution in [0.2, 0.25) is 0 Å². The second-order valence-electron chi connectivity index (χ2n) is 2.04. The van der Waals surface area contributed by atoms with E-state index in [-0.39, 0.29) is 0 Å². The van der Waals surface area contributed by atoms with Crippen molar-refractivity contribution in [3.63, 3.8) is 0 Å². The number of phosphoric acid groups is 1. The topological polar surface area (TPSA) is 44.8 Å². The van der Waals surface area contributed by atoms with Crippen LogP contribution >= 0.6 is 7.82 Å². The fraction of sp³-hybridized carbons (Fsp3) is 1.00. The average molecular weight is 136 g/mol. The summed E-state index contributed by atoms with van der Waals surface area (Å²) in [6, 6.07) is 0. The molecule has 0 N–H and O–H groups in total. The molecule has 3 heterocycles. The van der Waals surface area contributed by atoms with E-state index in [1.807, 2.05) is 0 Å². The molecule has 2 bridgehead atoms. The van der Waals surface area contributed by atoms with Gasteiger partial charge >= 0.3 is 7.82 Å². The SMILES string of the molecule is CC12COP(=O)(O1)O2.